The molecule has 0 aromatic rings. The zero-order chi connectivity index (χ0) is 11.7. The Bertz CT molecular complexity index is 171. The molecule has 0 saturated heterocycles. The van der Waals surface area contributed by atoms with Gasteiger partial charge in [0.25, 0.3) is 0 Å². The lowest BCUT2D eigenvalue weighted by atomic mass is 10.1. The van der Waals surface area contributed by atoms with Crippen LogP contribution in [0.4, 0.5) is 4.79 Å². The normalized spacial score (nSPS) is 12.3. The standard InChI is InChI=1S/C11H25N3O/c1-5-7-10(6-2)12-8-9-13-11(15)14(3)4/h10,12H,5-9H2,1-4H3,(H,13,15). The van der Waals surface area contributed by atoms with Crippen LogP contribution in [0, 0.1) is 0 Å². The zero-order valence-corrected chi connectivity index (χ0v) is 10.5. The molecule has 0 aromatic heterocycles. The first-order chi connectivity index (χ1) is 7.11. The van der Waals surface area contributed by atoms with Crippen LogP contribution in [0.2, 0.25) is 0 Å². The molecule has 0 heterocycles. The minimum absolute atomic E-state index is 0.0275. The topological polar surface area (TPSA) is 44.4 Å². The molecular weight excluding hydrogens is 190 g/mol. The maximum Gasteiger partial charge on any atom is 0.316 e. The zero-order valence-electron chi connectivity index (χ0n) is 10.5. The maximum atomic E-state index is 11.2. The second-order valence-corrected chi connectivity index (χ2v) is 3.97. The van der Waals surface area contributed by atoms with Gasteiger partial charge in [-0.1, -0.05) is 20.3 Å². The number of carbonyl (C=O) groups excluding carboxylic acids is 1. The molecule has 2 N–H and O–H groups in total. The van der Waals surface area contributed by atoms with Gasteiger partial charge in [-0.2, -0.15) is 0 Å². The first kappa shape index (κ1) is 14.2. The lowest BCUT2D eigenvalue weighted by Crippen LogP contribution is -2.40. The molecule has 0 radical (unpaired) electrons. The van der Waals surface area contributed by atoms with E-state index in [0.717, 1.165) is 13.0 Å². The van der Waals surface area contributed by atoms with Crippen molar-refractivity contribution in [3.8, 4) is 0 Å². The molecule has 0 aliphatic rings. The minimum Gasteiger partial charge on any atom is -0.337 e. The Hall–Kier alpha value is -0.770. The Kier molecular flexibility index (Phi) is 8.09. The van der Waals surface area contributed by atoms with E-state index in [0.29, 0.717) is 12.6 Å². The summed E-state index contributed by atoms with van der Waals surface area (Å²) >= 11 is 0. The average molecular weight is 215 g/mol. The van der Waals surface area contributed by atoms with Crippen molar-refractivity contribution in [1.29, 1.82) is 0 Å². The highest BCUT2D eigenvalue weighted by Gasteiger charge is 2.04. The molecular formula is C11H25N3O. The highest BCUT2D eigenvalue weighted by Crippen LogP contribution is 1.99. The molecule has 90 valence electrons. The van der Waals surface area contributed by atoms with E-state index in [-0.39, 0.29) is 6.03 Å². The van der Waals surface area contributed by atoms with E-state index in [4.69, 9.17) is 0 Å². The largest absolute Gasteiger partial charge is 0.337 e. The van der Waals surface area contributed by atoms with Crippen molar-refractivity contribution >= 4 is 6.03 Å². The lowest BCUT2D eigenvalue weighted by molar-refractivity contribution is 0.217. The van der Waals surface area contributed by atoms with Gasteiger partial charge in [-0.15, -0.1) is 0 Å². The minimum atomic E-state index is -0.0275. The van der Waals surface area contributed by atoms with Gasteiger partial charge >= 0.3 is 6.03 Å². The first-order valence-electron chi connectivity index (χ1n) is 5.80. The fourth-order valence-corrected chi connectivity index (χ4v) is 1.40. The van der Waals surface area contributed by atoms with Crippen LogP contribution in [0.3, 0.4) is 0 Å². The summed E-state index contributed by atoms with van der Waals surface area (Å²) in [4.78, 5) is 12.7. The highest BCUT2D eigenvalue weighted by atomic mass is 16.2. The summed E-state index contributed by atoms with van der Waals surface area (Å²) in [5.41, 5.74) is 0. The van der Waals surface area contributed by atoms with Crippen molar-refractivity contribution in [3.63, 3.8) is 0 Å². The third-order valence-corrected chi connectivity index (χ3v) is 2.37. The van der Waals surface area contributed by atoms with Gasteiger partial charge in [-0.25, -0.2) is 4.79 Å². The molecule has 0 rings (SSSR count). The molecule has 1 atom stereocenters. The summed E-state index contributed by atoms with van der Waals surface area (Å²) in [5, 5.41) is 6.26. The molecule has 0 spiro atoms. The summed E-state index contributed by atoms with van der Waals surface area (Å²) in [7, 11) is 3.49. The van der Waals surface area contributed by atoms with E-state index in [9.17, 15) is 4.79 Å². The van der Waals surface area contributed by atoms with E-state index in [2.05, 4.69) is 24.5 Å². The van der Waals surface area contributed by atoms with Gasteiger partial charge in [0.1, 0.15) is 0 Å². The van der Waals surface area contributed by atoms with E-state index in [1.54, 1.807) is 19.0 Å². The Morgan fingerprint density at radius 3 is 2.40 bits per heavy atom. The van der Waals surface area contributed by atoms with Crippen molar-refractivity contribution in [2.24, 2.45) is 0 Å². The molecule has 1 unspecified atom stereocenters. The van der Waals surface area contributed by atoms with Gasteiger partial charge in [-0.05, 0) is 12.8 Å². The molecule has 0 aromatic carbocycles. The molecule has 0 saturated carbocycles. The summed E-state index contributed by atoms with van der Waals surface area (Å²) in [6.07, 6.45) is 3.56. The van der Waals surface area contributed by atoms with Crippen LogP contribution >= 0.6 is 0 Å². The second kappa shape index (κ2) is 8.53. The molecule has 0 fully saturated rings. The average Bonchev–Trinajstić information content (AvgIpc) is 2.22. The summed E-state index contributed by atoms with van der Waals surface area (Å²) < 4.78 is 0. The van der Waals surface area contributed by atoms with Crippen LogP contribution < -0.4 is 10.6 Å². The number of hydrogen-bond acceptors (Lipinski definition) is 2. The third kappa shape index (κ3) is 7.19. The van der Waals surface area contributed by atoms with Crippen molar-refractivity contribution in [2.75, 3.05) is 27.2 Å². The summed E-state index contributed by atoms with van der Waals surface area (Å²) in [6.45, 7) is 5.92. The predicted octanol–water partition coefficient (Wildman–Crippen LogP) is 1.43. The fourth-order valence-electron chi connectivity index (χ4n) is 1.40. The number of nitrogens with zero attached hydrogens (tertiary/aromatic N) is 1. The Labute approximate surface area is 93.4 Å². The van der Waals surface area contributed by atoms with Crippen LogP contribution in [0.5, 0.6) is 0 Å². The second-order valence-electron chi connectivity index (χ2n) is 3.97. The van der Waals surface area contributed by atoms with Gasteiger partial charge in [0, 0.05) is 33.2 Å². The van der Waals surface area contributed by atoms with Crippen molar-refractivity contribution in [3.05, 3.63) is 0 Å². The molecule has 0 aliphatic carbocycles. The van der Waals surface area contributed by atoms with E-state index < -0.39 is 0 Å². The van der Waals surface area contributed by atoms with Gasteiger partial charge in [0.15, 0.2) is 0 Å². The number of hydrogen-bond donors (Lipinski definition) is 2. The van der Waals surface area contributed by atoms with Gasteiger partial charge < -0.3 is 15.5 Å². The lowest BCUT2D eigenvalue weighted by Gasteiger charge is -2.17. The molecule has 4 heteroatoms. The molecule has 4 nitrogen and oxygen atoms in total. The Morgan fingerprint density at radius 1 is 1.27 bits per heavy atom. The Balaban J connectivity index is 3.47. The number of urea groups is 1. The maximum absolute atomic E-state index is 11.2. The van der Waals surface area contributed by atoms with E-state index in [1.165, 1.54) is 12.8 Å². The van der Waals surface area contributed by atoms with Gasteiger partial charge in [0.05, 0.1) is 0 Å². The Morgan fingerprint density at radius 2 is 1.93 bits per heavy atom. The van der Waals surface area contributed by atoms with Crippen LogP contribution in [0.25, 0.3) is 0 Å². The summed E-state index contributed by atoms with van der Waals surface area (Å²) in [5.74, 6) is 0. The van der Waals surface area contributed by atoms with Crippen LogP contribution in [0.15, 0.2) is 0 Å². The fraction of sp³-hybridized carbons (Fsp3) is 0.909. The smallest absolute Gasteiger partial charge is 0.316 e. The highest BCUT2D eigenvalue weighted by molar-refractivity contribution is 5.73. The van der Waals surface area contributed by atoms with E-state index in [1.807, 2.05) is 0 Å². The third-order valence-electron chi connectivity index (χ3n) is 2.37. The van der Waals surface area contributed by atoms with Crippen molar-refractivity contribution in [2.45, 2.75) is 39.2 Å². The van der Waals surface area contributed by atoms with Crippen molar-refractivity contribution < 1.29 is 4.79 Å². The van der Waals surface area contributed by atoms with Gasteiger partial charge in [0.2, 0.25) is 0 Å². The monoisotopic (exact) mass is 215 g/mol. The van der Waals surface area contributed by atoms with E-state index >= 15 is 0 Å². The molecule has 2 amide bonds. The molecule has 0 bridgehead atoms. The van der Waals surface area contributed by atoms with Crippen LogP contribution in [0.1, 0.15) is 33.1 Å². The van der Waals surface area contributed by atoms with Crippen LogP contribution in [-0.4, -0.2) is 44.2 Å². The quantitative estimate of drug-likeness (QED) is 0.631. The SMILES string of the molecule is CCCC(CC)NCCNC(=O)N(C)C. The first-order valence-corrected chi connectivity index (χ1v) is 5.80. The number of rotatable bonds is 7. The number of nitrogens with one attached hydrogen (secondary N) is 2. The summed E-state index contributed by atoms with van der Waals surface area (Å²) in [6, 6.07) is 0.562. The van der Waals surface area contributed by atoms with Gasteiger partial charge in [-0.3, -0.25) is 0 Å². The van der Waals surface area contributed by atoms with Crippen LogP contribution in [-0.2, 0) is 0 Å². The number of carbonyl (C=O) groups is 1. The molecule has 15 heavy (non-hydrogen) atoms. The van der Waals surface area contributed by atoms with Crippen molar-refractivity contribution in [1.82, 2.24) is 15.5 Å². The predicted molar refractivity (Wildman–Crippen MR) is 64.1 cm³/mol. The number of amides is 2. The molecule has 0 aliphatic heterocycles.